The smallest absolute Gasteiger partial charge is 0.122 e. The first kappa shape index (κ1) is 13.3. The topological polar surface area (TPSA) is 34.6 Å². The largest absolute Gasteiger partial charge is 0.497 e. The standard InChI is InChI=1S/C14H22N2O2/c1-16(11-14-5-3-4-8-18-14)10-12-9-13(17-2)6-7-15-12/h6-7,9,14H,3-5,8,10-11H2,1-2H3/t14-/m0/s1. The molecule has 1 aliphatic heterocycles. The first-order valence-electron chi connectivity index (χ1n) is 6.57. The summed E-state index contributed by atoms with van der Waals surface area (Å²) in [5.41, 5.74) is 1.03. The Labute approximate surface area is 109 Å². The van der Waals surface area contributed by atoms with Gasteiger partial charge in [-0.25, -0.2) is 0 Å². The maximum Gasteiger partial charge on any atom is 0.122 e. The molecule has 0 aromatic carbocycles. The second-order valence-electron chi connectivity index (χ2n) is 4.87. The fourth-order valence-electron chi connectivity index (χ4n) is 2.31. The van der Waals surface area contributed by atoms with Crippen LogP contribution in [0.4, 0.5) is 0 Å². The maximum absolute atomic E-state index is 5.74. The Bertz CT molecular complexity index is 365. The molecule has 0 radical (unpaired) electrons. The lowest BCUT2D eigenvalue weighted by atomic mass is 10.1. The number of likely N-dealkylation sites (N-methyl/N-ethyl adjacent to an activating group) is 1. The number of hydrogen-bond donors (Lipinski definition) is 0. The molecule has 4 nitrogen and oxygen atoms in total. The molecule has 100 valence electrons. The van der Waals surface area contributed by atoms with Gasteiger partial charge in [-0.1, -0.05) is 0 Å². The molecule has 18 heavy (non-hydrogen) atoms. The number of hydrogen-bond acceptors (Lipinski definition) is 4. The van der Waals surface area contributed by atoms with Crippen LogP contribution in [0.3, 0.4) is 0 Å². The van der Waals surface area contributed by atoms with Crippen molar-refractivity contribution < 1.29 is 9.47 Å². The van der Waals surface area contributed by atoms with E-state index >= 15 is 0 Å². The summed E-state index contributed by atoms with van der Waals surface area (Å²) in [4.78, 5) is 6.62. The molecule has 2 rings (SSSR count). The Morgan fingerprint density at radius 2 is 2.39 bits per heavy atom. The summed E-state index contributed by atoms with van der Waals surface area (Å²) in [5, 5.41) is 0. The predicted octanol–water partition coefficient (Wildman–Crippen LogP) is 2.09. The minimum Gasteiger partial charge on any atom is -0.497 e. The zero-order valence-electron chi connectivity index (χ0n) is 11.3. The third-order valence-electron chi connectivity index (χ3n) is 3.24. The molecule has 1 aliphatic rings. The van der Waals surface area contributed by atoms with Crippen molar-refractivity contribution in [2.45, 2.75) is 31.9 Å². The van der Waals surface area contributed by atoms with Crippen molar-refractivity contribution in [2.75, 3.05) is 27.3 Å². The van der Waals surface area contributed by atoms with Crippen LogP contribution in [-0.2, 0) is 11.3 Å². The number of aromatic nitrogens is 1. The molecule has 0 amide bonds. The molecule has 1 fully saturated rings. The van der Waals surface area contributed by atoms with Crippen LogP contribution >= 0.6 is 0 Å². The molecule has 1 aromatic rings. The zero-order valence-corrected chi connectivity index (χ0v) is 11.3. The van der Waals surface area contributed by atoms with Crippen LogP contribution in [-0.4, -0.2) is 43.3 Å². The molecule has 1 aromatic heterocycles. The fraction of sp³-hybridized carbons (Fsp3) is 0.643. The average Bonchev–Trinajstić information content (AvgIpc) is 2.40. The zero-order chi connectivity index (χ0) is 12.8. The molecular weight excluding hydrogens is 228 g/mol. The molecule has 1 saturated heterocycles. The van der Waals surface area contributed by atoms with Gasteiger partial charge in [-0.15, -0.1) is 0 Å². The normalized spacial score (nSPS) is 20.1. The van der Waals surface area contributed by atoms with Gasteiger partial charge in [0, 0.05) is 32.0 Å². The third-order valence-corrected chi connectivity index (χ3v) is 3.24. The first-order chi connectivity index (χ1) is 8.78. The Morgan fingerprint density at radius 3 is 3.11 bits per heavy atom. The molecule has 0 spiro atoms. The molecule has 2 heterocycles. The van der Waals surface area contributed by atoms with E-state index in [4.69, 9.17) is 9.47 Å². The van der Waals surface area contributed by atoms with Crippen LogP contribution in [0.25, 0.3) is 0 Å². The van der Waals surface area contributed by atoms with E-state index in [0.29, 0.717) is 6.10 Å². The third kappa shape index (κ3) is 3.96. The van der Waals surface area contributed by atoms with E-state index in [2.05, 4.69) is 16.9 Å². The van der Waals surface area contributed by atoms with Crippen molar-refractivity contribution in [1.29, 1.82) is 0 Å². The quantitative estimate of drug-likeness (QED) is 0.801. The summed E-state index contributed by atoms with van der Waals surface area (Å²) in [6.07, 6.45) is 5.84. The molecule has 1 atom stereocenters. The number of ether oxygens (including phenoxy) is 2. The highest BCUT2D eigenvalue weighted by Gasteiger charge is 2.16. The van der Waals surface area contributed by atoms with E-state index in [9.17, 15) is 0 Å². The second kappa shape index (κ2) is 6.71. The Kier molecular flexibility index (Phi) is 4.96. The highest BCUT2D eigenvalue weighted by atomic mass is 16.5. The van der Waals surface area contributed by atoms with Gasteiger partial charge in [-0.05, 0) is 32.4 Å². The van der Waals surface area contributed by atoms with Gasteiger partial charge >= 0.3 is 0 Å². The van der Waals surface area contributed by atoms with Crippen molar-refractivity contribution >= 4 is 0 Å². The van der Waals surface area contributed by atoms with Gasteiger partial charge in [0.05, 0.1) is 18.9 Å². The Hall–Kier alpha value is -1.13. The van der Waals surface area contributed by atoms with Crippen molar-refractivity contribution in [3.05, 3.63) is 24.0 Å². The van der Waals surface area contributed by atoms with E-state index in [0.717, 1.165) is 31.1 Å². The van der Waals surface area contributed by atoms with Gasteiger partial charge in [0.1, 0.15) is 5.75 Å². The number of pyridine rings is 1. The van der Waals surface area contributed by atoms with Crippen LogP contribution in [0.5, 0.6) is 5.75 Å². The minimum atomic E-state index is 0.384. The average molecular weight is 250 g/mol. The van der Waals surface area contributed by atoms with Crippen molar-refractivity contribution in [2.24, 2.45) is 0 Å². The molecule has 0 aliphatic carbocycles. The highest BCUT2D eigenvalue weighted by molar-refractivity contribution is 5.22. The number of methoxy groups -OCH3 is 1. The van der Waals surface area contributed by atoms with Crippen LogP contribution in [0.2, 0.25) is 0 Å². The van der Waals surface area contributed by atoms with Crippen molar-refractivity contribution in [1.82, 2.24) is 9.88 Å². The van der Waals surface area contributed by atoms with E-state index < -0.39 is 0 Å². The molecule has 0 saturated carbocycles. The summed E-state index contributed by atoms with van der Waals surface area (Å²) < 4.78 is 10.9. The monoisotopic (exact) mass is 250 g/mol. The van der Waals surface area contributed by atoms with E-state index in [1.807, 2.05) is 12.1 Å². The Balaban J connectivity index is 1.83. The fourth-order valence-corrected chi connectivity index (χ4v) is 2.31. The van der Waals surface area contributed by atoms with Gasteiger partial charge in [0.15, 0.2) is 0 Å². The summed E-state index contributed by atoms with van der Waals surface area (Å²) in [6.45, 7) is 2.71. The second-order valence-corrected chi connectivity index (χ2v) is 4.87. The lowest BCUT2D eigenvalue weighted by molar-refractivity contribution is -0.00275. The summed E-state index contributed by atoms with van der Waals surface area (Å²) in [7, 11) is 3.79. The summed E-state index contributed by atoms with van der Waals surface area (Å²) in [6, 6.07) is 3.85. The van der Waals surface area contributed by atoms with Crippen molar-refractivity contribution in [3.8, 4) is 5.75 Å². The maximum atomic E-state index is 5.74. The summed E-state index contributed by atoms with van der Waals surface area (Å²) in [5.74, 6) is 0.863. The van der Waals surface area contributed by atoms with Gasteiger partial charge in [-0.2, -0.15) is 0 Å². The summed E-state index contributed by atoms with van der Waals surface area (Å²) >= 11 is 0. The SMILES string of the molecule is COc1ccnc(CN(C)C[C@@H]2CCCCO2)c1. The lowest BCUT2D eigenvalue weighted by Gasteiger charge is -2.27. The van der Waals surface area contributed by atoms with Crippen LogP contribution in [0.1, 0.15) is 25.0 Å². The van der Waals surface area contributed by atoms with Crippen molar-refractivity contribution in [3.63, 3.8) is 0 Å². The number of rotatable bonds is 5. The van der Waals surface area contributed by atoms with E-state index in [1.54, 1.807) is 13.3 Å². The highest BCUT2D eigenvalue weighted by Crippen LogP contribution is 2.15. The molecule has 0 N–H and O–H groups in total. The van der Waals surface area contributed by atoms with Gasteiger partial charge < -0.3 is 9.47 Å². The molecule has 0 unspecified atom stereocenters. The van der Waals surface area contributed by atoms with Gasteiger partial charge in [-0.3, -0.25) is 9.88 Å². The molecule has 4 heteroatoms. The molecular formula is C14H22N2O2. The predicted molar refractivity (Wildman–Crippen MR) is 70.7 cm³/mol. The van der Waals surface area contributed by atoms with Crippen LogP contribution in [0.15, 0.2) is 18.3 Å². The van der Waals surface area contributed by atoms with Crippen LogP contribution in [0, 0.1) is 0 Å². The van der Waals surface area contributed by atoms with Crippen LogP contribution < -0.4 is 4.74 Å². The minimum absolute atomic E-state index is 0.384. The van der Waals surface area contributed by atoms with Gasteiger partial charge in [0.2, 0.25) is 0 Å². The van der Waals surface area contributed by atoms with Gasteiger partial charge in [0.25, 0.3) is 0 Å². The lowest BCUT2D eigenvalue weighted by Crippen LogP contribution is -2.33. The number of nitrogens with zero attached hydrogens (tertiary/aromatic N) is 2. The van der Waals surface area contributed by atoms with E-state index in [1.165, 1.54) is 19.3 Å². The van der Waals surface area contributed by atoms with E-state index in [-0.39, 0.29) is 0 Å². The first-order valence-corrected chi connectivity index (χ1v) is 6.57. The Morgan fingerprint density at radius 1 is 1.50 bits per heavy atom. The molecule has 0 bridgehead atoms.